The highest BCUT2D eigenvalue weighted by Crippen LogP contribution is 2.33. The Morgan fingerprint density at radius 3 is 2.62 bits per heavy atom. The lowest BCUT2D eigenvalue weighted by Crippen LogP contribution is -2.37. The topological polar surface area (TPSA) is 106 Å². The smallest absolute Gasteiger partial charge is 0.489 e. The molecule has 0 fully saturated rings. The third-order valence-electron chi connectivity index (χ3n) is 5.25. The molecule has 0 saturated carbocycles. The van der Waals surface area contributed by atoms with Crippen LogP contribution < -0.4 is 16.0 Å². The van der Waals surface area contributed by atoms with E-state index in [1.807, 2.05) is 6.92 Å². The van der Waals surface area contributed by atoms with Crippen molar-refractivity contribution >= 4 is 17.7 Å². The van der Waals surface area contributed by atoms with Crippen LogP contribution in [-0.4, -0.2) is 45.9 Å². The van der Waals surface area contributed by atoms with E-state index in [9.17, 15) is 22.8 Å². The van der Waals surface area contributed by atoms with E-state index in [2.05, 4.69) is 9.72 Å². The van der Waals surface area contributed by atoms with Gasteiger partial charge >= 0.3 is 12.3 Å². The Labute approximate surface area is 216 Å². The van der Waals surface area contributed by atoms with Gasteiger partial charge in [0.25, 0.3) is 5.56 Å². The molecular formula is C25H28F3N3O5S. The molecule has 1 aromatic carbocycles. The minimum atomic E-state index is -4.77. The molecule has 0 bridgehead atoms. The maximum Gasteiger partial charge on any atom is 0.573 e. The molecule has 0 saturated heterocycles. The molecule has 1 heterocycles. The Morgan fingerprint density at radius 2 is 2.00 bits per heavy atom. The van der Waals surface area contributed by atoms with Gasteiger partial charge in [-0.15, -0.1) is 13.2 Å². The molecule has 12 heteroatoms. The highest BCUT2D eigenvalue weighted by molar-refractivity contribution is 8.00. The Bertz CT molecular complexity index is 1260. The van der Waals surface area contributed by atoms with Crippen LogP contribution in [0.25, 0.3) is 5.69 Å². The van der Waals surface area contributed by atoms with E-state index in [-0.39, 0.29) is 40.7 Å². The number of thioether (sulfide) groups is 1. The van der Waals surface area contributed by atoms with Crippen molar-refractivity contribution in [3.63, 3.8) is 0 Å². The van der Waals surface area contributed by atoms with Crippen molar-refractivity contribution in [2.45, 2.75) is 49.9 Å². The van der Waals surface area contributed by atoms with Gasteiger partial charge in [0.15, 0.2) is 5.03 Å². The summed E-state index contributed by atoms with van der Waals surface area (Å²) in [4.78, 5) is 28.8. The first-order chi connectivity index (χ1) is 17.3. The van der Waals surface area contributed by atoms with Crippen molar-refractivity contribution in [3.05, 3.63) is 70.5 Å². The van der Waals surface area contributed by atoms with E-state index in [1.165, 1.54) is 40.9 Å². The Balaban J connectivity index is 1.73. The molecule has 0 amide bonds. The number of nitrogens with zero attached hydrogens (tertiary/aromatic N) is 2. The molecule has 200 valence electrons. The van der Waals surface area contributed by atoms with Gasteiger partial charge in [-0.05, 0) is 62.6 Å². The monoisotopic (exact) mass is 539 g/mol. The normalized spacial score (nSPS) is 17.8. The molecule has 1 aliphatic rings. The van der Waals surface area contributed by atoms with Gasteiger partial charge in [0.1, 0.15) is 23.7 Å². The van der Waals surface area contributed by atoms with E-state index in [4.69, 9.17) is 15.2 Å². The fourth-order valence-electron chi connectivity index (χ4n) is 3.51. The highest BCUT2D eigenvalue weighted by Gasteiger charge is 2.33. The van der Waals surface area contributed by atoms with Crippen molar-refractivity contribution in [1.29, 1.82) is 0 Å². The number of aromatic nitrogens is 2. The van der Waals surface area contributed by atoms with Crippen LogP contribution in [0.3, 0.4) is 0 Å². The van der Waals surface area contributed by atoms with Crippen molar-refractivity contribution in [2.24, 2.45) is 11.7 Å². The summed E-state index contributed by atoms with van der Waals surface area (Å²) in [6.45, 7) is 6.86. The molecule has 8 nitrogen and oxygen atoms in total. The standard InChI is InChI=1S/C25H28F3N3O5S/c1-15-11-17(5-7-19(15)34-14-24(3,4)36-21(32)13-29)31-10-9-30-22(23(31)33)37-20-8-6-18(12-16(20)2)35-25(26,27)28/h5-12,16,20H,13-14,29H2,1-4H3. The Kier molecular flexibility index (Phi) is 8.75. The Hall–Kier alpha value is -3.25. The van der Waals surface area contributed by atoms with Gasteiger partial charge in [-0.3, -0.25) is 14.2 Å². The largest absolute Gasteiger partial charge is 0.573 e. The van der Waals surface area contributed by atoms with Crippen molar-refractivity contribution in [1.82, 2.24) is 9.55 Å². The quantitative estimate of drug-likeness (QED) is 0.471. The van der Waals surface area contributed by atoms with Gasteiger partial charge in [0, 0.05) is 23.3 Å². The predicted octanol–water partition coefficient (Wildman–Crippen LogP) is 4.29. The molecule has 2 N–H and O–H groups in total. The van der Waals surface area contributed by atoms with E-state index >= 15 is 0 Å². The van der Waals surface area contributed by atoms with E-state index in [1.54, 1.807) is 45.0 Å². The van der Waals surface area contributed by atoms with Crippen LogP contribution in [0.15, 0.2) is 64.4 Å². The molecule has 0 radical (unpaired) electrons. The summed E-state index contributed by atoms with van der Waals surface area (Å²) in [6, 6.07) is 5.20. The van der Waals surface area contributed by atoms with E-state index in [0.29, 0.717) is 11.4 Å². The molecule has 37 heavy (non-hydrogen) atoms. The Morgan fingerprint density at radius 1 is 1.27 bits per heavy atom. The fourth-order valence-corrected chi connectivity index (χ4v) is 4.53. The van der Waals surface area contributed by atoms with Gasteiger partial charge in [-0.1, -0.05) is 24.8 Å². The van der Waals surface area contributed by atoms with Gasteiger partial charge in [-0.2, -0.15) is 0 Å². The van der Waals surface area contributed by atoms with Gasteiger partial charge in [-0.25, -0.2) is 4.98 Å². The summed E-state index contributed by atoms with van der Waals surface area (Å²) in [5.41, 5.74) is 5.39. The summed E-state index contributed by atoms with van der Waals surface area (Å²) in [6.07, 6.45) is 2.43. The van der Waals surface area contributed by atoms with Crippen LogP contribution in [0.1, 0.15) is 26.3 Å². The third kappa shape index (κ3) is 7.86. The number of rotatable bonds is 9. The molecule has 2 unspecified atom stereocenters. The number of allylic oxidation sites excluding steroid dienone is 2. The maximum atomic E-state index is 13.2. The van der Waals surface area contributed by atoms with Gasteiger partial charge < -0.3 is 19.9 Å². The number of hydrogen-bond donors (Lipinski definition) is 1. The van der Waals surface area contributed by atoms with Gasteiger partial charge in [0.2, 0.25) is 0 Å². The lowest BCUT2D eigenvalue weighted by molar-refractivity contribution is -0.303. The zero-order valence-electron chi connectivity index (χ0n) is 20.7. The molecule has 2 atom stereocenters. The SMILES string of the molecule is Cc1cc(-n2ccnc(SC3C=CC(OC(F)(F)F)=CC3C)c2=O)ccc1OCC(C)(C)OC(=O)CN. The summed E-state index contributed by atoms with van der Waals surface area (Å²) < 4.78 is 54.0. The number of hydrogen-bond acceptors (Lipinski definition) is 8. The van der Waals surface area contributed by atoms with Crippen LogP contribution in [0.5, 0.6) is 5.75 Å². The number of alkyl halides is 3. The number of halogens is 3. The molecule has 1 aromatic heterocycles. The number of benzene rings is 1. The molecule has 0 spiro atoms. The number of aryl methyl sites for hydroxylation is 1. The highest BCUT2D eigenvalue weighted by atomic mass is 32.2. The number of carbonyl (C=O) groups is 1. The number of nitrogens with two attached hydrogens (primary N) is 1. The average molecular weight is 540 g/mol. The molecule has 2 aromatic rings. The lowest BCUT2D eigenvalue weighted by Gasteiger charge is -2.25. The van der Waals surface area contributed by atoms with Crippen molar-refractivity contribution < 1.29 is 32.2 Å². The summed E-state index contributed by atoms with van der Waals surface area (Å²) >= 11 is 1.17. The molecule has 3 rings (SSSR count). The van der Waals surface area contributed by atoms with E-state index < -0.39 is 17.9 Å². The first-order valence-electron chi connectivity index (χ1n) is 11.3. The van der Waals surface area contributed by atoms with Crippen LogP contribution >= 0.6 is 11.8 Å². The zero-order valence-corrected chi connectivity index (χ0v) is 21.6. The van der Waals surface area contributed by atoms with E-state index in [0.717, 1.165) is 5.56 Å². The fraction of sp³-hybridized carbons (Fsp3) is 0.400. The molecule has 0 aliphatic heterocycles. The number of esters is 1. The van der Waals surface area contributed by atoms with Crippen molar-refractivity contribution in [2.75, 3.05) is 13.2 Å². The lowest BCUT2D eigenvalue weighted by atomic mass is 10.0. The second-order valence-electron chi connectivity index (χ2n) is 9.00. The van der Waals surface area contributed by atoms with Crippen LogP contribution in [0.2, 0.25) is 0 Å². The van der Waals surface area contributed by atoms with Crippen LogP contribution in [0, 0.1) is 12.8 Å². The third-order valence-corrected chi connectivity index (χ3v) is 6.62. The minimum Gasteiger partial charge on any atom is -0.489 e. The minimum absolute atomic E-state index is 0.103. The van der Waals surface area contributed by atoms with Crippen LogP contribution in [-0.2, 0) is 14.3 Å². The van der Waals surface area contributed by atoms with Crippen LogP contribution in [0.4, 0.5) is 13.2 Å². The van der Waals surface area contributed by atoms with Crippen molar-refractivity contribution in [3.8, 4) is 11.4 Å². The molecule has 1 aliphatic carbocycles. The second-order valence-corrected chi connectivity index (χ2v) is 10.2. The zero-order chi connectivity index (χ0) is 27.4. The second kappa shape index (κ2) is 11.4. The summed E-state index contributed by atoms with van der Waals surface area (Å²) in [7, 11) is 0. The first-order valence-corrected chi connectivity index (χ1v) is 12.2. The predicted molar refractivity (Wildman–Crippen MR) is 132 cm³/mol. The molecular weight excluding hydrogens is 511 g/mol. The average Bonchev–Trinajstić information content (AvgIpc) is 2.80. The number of carbonyl (C=O) groups excluding carboxylic acids is 1. The first kappa shape index (κ1) is 28.3. The summed E-state index contributed by atoms with van der Waals surface area (Å²) in [5, 5.41) is -0.0927. The van der Waals surface area contributed by atoms with Gasteiger partial charge in [0.05, 0.1) is 6.54 Å². The summed E-state index contributed by atoms with van der Waals surface area (Å²) in [5.74, 6) is -0.582. The maximum absolute atomic E-state index is 13.2. The number of ether oxygens (including phenoxy) is 3.